The van der Waals surface area contributed by atoms with Crippen LogP contribution in [0.4, 0.5) is 0 Å². The Bertz CT molecular complexity index is 159. The lowest BCUT2D eigenvalue weighted by molar-refractivity contribution is 0.0664. The number of hydrogen-bond acceptors (Lipinski definition) is 2. The average Bonchev–Trinajstić information content (AvgIpc) is 2.89. The van der Waals surface area contributed by atoms with Crippen LogP contribution in [0.15, 0.2) is 0 Å². The second kappa shape index (κ2) is 3.97. The molecule has 13 heavy (non-hydrogen) atoms. The topological polar surface area (TPSA) is 21.3 Å². The van der Waals surface area contributed by atoms with Crippen LogP contribution in [0.3, 0.4) is 0 Å². The fourth-order valence-electron chi connectivity index (χ4n) is 2.45. The smallest absolute Gasteiger partial charge is 0.0650 e. The zero-order chi connectivity index (χ0) is 9.15. The molecule has 0 aromatic heterocycles. The van der Waals surface area contributed by atoms with Crippen LogP contribution < -0.4 is 5.32 Å². The van der Waals surface area contributed by atoms with E-state index < -0.39 is 0 Å². The van der Waals surface area contributed by atoms with E-state index in [4.69, 9.17) is 4.74 Å². The van der Waals surface area contributed by atoms with Crippen LogP contribution >= 0.6 is 0 Å². The summed E-state index contributed by atoms with van der Waals surface area (Å²) in [6.45, 7) is 5.25. The second-order valence-corrected chi connectivity index (χ2v) is 4.51. The van der Waals surface area contributed by atoms with Crippen LogP contribution in [-0.4, -0.2) is 25.3 Å². The lowest BCUT2D eigenvalue weighted by Crippen LogP contribution is -2.46. The van der Waals surface area contributed by atoms with Crippen molar-refractivity contribution in [3.8, 4) is 0 Å². The first-order chi connectivity index (χ1) is 6.37. The maximum absolute atomic E-state index is 5.71. The lowest BCUT2D eigenvalue weighted by atomic mass is 9.92. The van der Waals surface area contributed by atoms with E-state index in [2.05, 4.69) is 12.2 Å². The van der Waals surface area contributed by atoms with Gasteiger partial charge >= 0.3 is 0 Å². The third kappa shape index (κ3) is 2.05. The van der Waals surface area contributed by atoms with Gasteiger partial charge in [0.15, 0.2) is 0 Å². The van der Waals surface area contributed by atoms with E-state index in [1.54, 1.807) is 0 Å². The van der Waals surface area contributed by atoms with Crippen molar-refractivity contribution in [2.45, 2.75) is 44.6 Å². The summed E-state index contributed by atoms with van der Waals surface area (Å²) in [6.07, 6.45) is 6.65. The molecule has 0 amide bonds. The first kappa shape index (κ1) is 9.47. The van der Waals surface area contributed by atoms with Gasteiger partial charge in [0.05, 0.1) is 6.61 Å². The molecule has 0 spiro atoms. The molecule has 1 heterocycles. The molecular formula is C11H21NO. The molecule has 0 radical (unpaired) electrons. The van der Waals surface area contributed by atoms with Crippen molar-refractivity contribution < 1.29 is 4.74 Å². The Labute approximate surface area is 81.0 Å². The van der Waals surface area contributed by atoms with Crippen molar-refractivity contribution in [3.05, 3.63) is 0 Å². The first-order valence-electron chi connectivity index (χ1n) is 5.70. The maximum Gasteiger partial charge on any atom is 0.0650 e. The number of ether oxygens (including phenoxy) is 1. The average molecular weight is 183 g/mol. The Morgan fingerprint density at radius 2 is 2.31 bits per heavy atom. The fourth-order valence-corrected chi connectivity index (χ4v) is 2.45. The van der Waals surface area contributed by atoms with Gasteiger partial charge in [-0.25, -0.2) is 0 Å². The molecule has 1 unspecified atom stereocenters. The molecule has 2 aliphatic rings. The quantitative estimate of drug-likeness (QED) is 0.658. The Balaban J connectivity index is 1.82. The van der Waals surface area contributed by atoms with Crippen LogP contribution in [0, 0.1) is 5.92 Å². The zero-order valence-electron chi connectivity index (χ0n) is 8.64. The zero-order valence-corrected chi connectivity index (χ0v) is 8.64. The molecule has 0 aromatic carbocycles. The van der Waals surface area contributed by atoms with Gasteiger partial charge in [-0.3, -0.25) is 0 Å². The van der Waals surface area contributed by atoms with Gasteiger partial charge in [-0.2, -0.15) is 0 Å². The summed E-state index contributed by atoms with van der Waals surface area (Å²) in [5.74, 6) is 0.923. The molecule has 1 saturated heterocycles. The minimum Gasteiger partial charge on any atom is -0.380 e. The van der Waals surface area contributed by atoms with Gasteiger partial charge in [0.1, 0.15) is 0 Å². The van der Waals surface area contributed by atoms with E-state index in [0.717, 1.165) is 25.6 Å². The summed E-state index contributed by atoms with van der Waals surface area (Å²) in [4.78, 5) is 0. The van der Waals surface area contributed by atoms with Crippen molar-refractivity contribution in [1.82, 2.24) is 5.32 Å². The summed E-state index contributed by atoms with van der Waals surface area (Å²) in [6, 6.07) is 0. The molecule has 2 nitrogen and oxygen atoms in total. The second-order valence-electron chi connectivity index (χ2n) is 4.51. The summed E-state index contributed by atoms with van der Waals surface area (Å²) in [5, 5.41) is 3.67. The van der Waals surface area contributed by atoms with Crippen molar-refractivity contribution >= 4 is 0 Å². The highest BCUT2D eigenvalue weighted by molar-refractivity contribution is 5.03. The highest BCUT2D eigenvalue weighted by Gasteiger charge is 2.46. The van der Waals surface area contributed by atoms with Crippen molar-refractivity contribution in [2.24, 2.45) is 5.92 Å². The van der Waals surface area contributed by atoms with E-state index in [-0.39, 0.29) is 0 Å². The minimum atomic E-state index is 0.384. The standard InChI is InChI=1S/C11H21NO/c1-2-8-13-9-11(10-4-5-10)6-3-7-12-11/h10,12H,2-9H2,1H3. The van der Waals surface area contributed by atoms with Gasteiger partial charge in [0.2, 0.25) is 0 Å². The largest absolute Gasteiger partial charge is 0.380 e. The first-order valence-corrected chi connectivity index (χ1v) is 5.70. The molecule has 1 aliphatic heterocycles. The summed E-state index contributed by atoms with van der Waals surface area (Å²) < 4.78 is 5.71. The molecule has 0 aromatic rings. The molecule has 1 atom stereocenters. The summed E-state index contributed by atoms with van der Waals surface area (Å²) in [5.41, 5.74) is 0.384. The van der Waals surface area contributed by atoms with Crippen LogP contribution in [0.5, 0.6) is 0 Å². The minimum absolute atomic E-state index is 0.384. The van der Waals surface area contributed by atoms with Gasteiger partial charge in [-0.05, 0) is 44.6 Å². The van der Waals surface area contributed by atoms with Gasteiger partial charge < -0.3 is 10.1 Å². The molecule has 1 aliphatic carbocycles. The highest BCUT2D eigenvalue weighted by atomic mass is 16.5. The molecule has 2 rings (SSSR count). The Morgan fingerprint density at radius 1 is 1.46 bits per heavy atom. The Hall–Kier alpha value is -0.0800. The van der Waals surface area contributed by atoms with Crippen LogP contribution in [-0.2, 0) is 4.74 Å². The predicted octanol–water partition coefficient (Wildman–Crippen LogP) is 1.95. The summed E-state index contributed by atoms with van der Waals surface area (Å²) in [7, 11) is 0. The molecule has 76 valence electrons. The molecule has 0 bridgehead atoms. The van der Waals surface area contributed by atoms with Gasteiger partial charge in [0.25, 0.3) is 0 Å². The van der Waals surface area contributed by atoms with Crippen molar-refractivity contribution in [2.75, 3.05) is 19.8 Å². The Kier molecular flexibility index (Phi) is 2.89. The van der Waals surface area contributed by atoms with E-state index in [1.807, 2.05) is 0 Å². The van der Waals surface area contributed by atoms with Crippen LogP contribution in [0.2, 0.25) is 0 Å². The van der Waals surface area contributed by atoms with E-state index in [9.17, 15) is 0 Å². The number of hydrogen-bond donors (Lipinski definition) is 1. The van der Waals surface area contributed by atoms with Gasteiger partial charge in [-0.15, -0.1) is 0 Å². The van der Waals surface area contributed by atoms with E-state index in [0.29, 0.717) is 5.54 Å². The highest BCUT2D eigenvalue weighted by Crippen LogP contribution is 2.44. The SMILES string of the molecule is CCCOCC1(C2CC2)CCCN1. The van der Waals surface area contributed by atoms with Gasteiger partial charge in [0, 0.05) is 12.1 Å². The predicted molar refractivity (Wildman–Crippen MR) is 53.8 cm³/mol. The fraction of sp³-hybridized carbons (Fsp3) is 1.00. The summed E-state index contributed by atoms with van der Waals surface area (Å²) >= 11 is 0. The normalized spacial score (nSPS) is 33.9. The number of nitrogens with one attached hydrogen (secondary N) is 1. The van der Waals surface area contributed by atoms with Crippen LogP contribution in [0.25, 0.3) is 0 Å². The van der Waals surface area contributed by atoms with E-state index >= 15 is 0 Å². The maximum atomic E-state index is 5.71. The lowest BCUT2D eigenvalue weighted by Gasteiger charge is -2.29. The van der Waals surface area contributed by atoms with Crippen molar-refractivity contribution in [1.29, 1.82) is 0 Å². The Morgan fingerprint density at radius 3 is 2.85 bits per heavy atom. The molecule has 2 fully saturated rings. The van der Waals surface area contributed by atoms with Crippen molar-refractivity contribution in [3.63, 3.8) is 0 Å². The molecule has 2 heteroatoms. The number of rotatable bonds is 5. The van der Waals surface area contributed by atoms with Crippen LogP contribution in [0.1, 0.15) is 39.0 Å². The third-order valence-electron chi connectivity index (χ3n) is 3.34. The molecular weight excluding hydrogens is 162 g/mol. The molecule has 1 N–H and O–H groups in total. The van der Waals surface area contributed by atoms with Gasteiger partial charge in [-0.1, -0.05) is 6.92 Å². The third-order valence-corrected chi connectivity index (χ3v) is 3.34. The van der Waals surface area contributed by atoms with E-state index in [1.165, 1.54) is 32.2 Å². The monoisotopic (exact) mass is 183 g/mol. The molecule has 1 saturated carbocycles.